The topological polar surface area (TPSA) is 50.1 Å². The summed E-state index contributed by atoms with van der Waals surface area (Å²) in [5.41, 5.74) is 0. The Morgan fingerprint density at radius 3 is 2.68 bits per heavy atom. The third-order valence-electron chi connectivity index (χ3n) is 2.43. The van der Waals surface area contributed by atoms with E-state index < -0.39 is 9.96 Å². The molecule has 0 aromatic carbocycles. The van der Waals surface area contributed by atoms with Gasteiger partial charge in [-0.05, 0) is 11.4 Å². The molecule has 1 rings (SSSR count). The van der Waals surface area contributed by atoms with Gasteiger partial charge in [-0.25, -0.2) is 0 Å². The molecule has 1 aromatic heterocycles. The summed E-state index contributed by atoms with van der Waals surface area (Å²) < 4.78 is -1.55. The Hall–Kier alpha value is -0.0400. The van der Waals surface area contributed by atoms with Gasteiger partial charge in [0.1, 0.15) is 13.1 Å². The lowest BCUT2D eigenvalue weighted by atomic mass is 10.4. The van der Waals surface area contributed by atoms with Crippen molar-refractivity contribution in [3.05, 3.63) is 22.4 Å². The van der Waals surface area contributed by atoms with Gasteiger partial charge in [0.05, 0.1) is 19.0 Å². The van der Waals surface area contributed by atoms with Gasteiger partial charge in [0.15, 0.2) is 0 Å². The van der Waals surface area contributed by atoms with E-state index in [1.165, 1.54) is 16.2 Å². The zero-order chi connectivity index (χ0) is 14.5. The lowest BCUT2D eigenvalue weighted by molar-refractivity contribution is -0.877. The average Bonchev–Trinajstić information content (AvgIpc) is 2.79. The maximum Gasteiger partial charge on any atom is 0.265 e. The fourth-order valence-electron chi connectivity index (χ4n) is 1.43. The van der Waals surface area contributed by atoms with Crippen LogP contribution in [-0.4, -0.2) is 43.1 Å². The van der Waals surface area contributed by atoms with Gasteiger partial charge in [-0.2, -0.15) is 0 Å². The standard InChI is InChI=1S/C11H16Cl3N3OS/c1-17(2)6-5-15-10(11(12,13)14)16-9(18)8-4-3-7-19-8/h3-4,7,10,15H,5-6H2,1-2H3,(H,16,18)/p+2/t10-/m0/s1. The van der Waals surface area contributed by atoms with Crippen molar-refractivity contribution in [3.63, 3.8) is 0 Å². The lowest BCUT2D eigenvalue weighted by Gasteiger charge is -2.23. The second-order valence-corrected chi connectivity index (χ2v) is 7.77. The molecule has 4 N–H and O–H groups in total. The van der Waals surface area contributed by atoms with E-state index in [-0.39, 0.29) is 5.91 Å². The highest BCUT2D eigenvalue weighted by Crippen LogP contribution is 2.27. The molecule has 1 heterocycles. The molecule has 4 nitrogen and oxygen atoms in total. The first-order valence-electron chi connectivity index (χ1n) is 5.84. The number of halogens is 3. The Kier molecular flexibility index (Phi) is 6.86. The average molecular weight is 347 g/mol. The molecule has 0 saturated carbocycles. The summed E-state index contributed by atoms with van der Waals surface area (Å²) in [6, 6.07) is 3.54. The molecule has 0 aliphatic carbocycles. The van der Waals surface area contributed by atoms with Gasteiger partial charge >= 0.3 is 0 Å². The van der Waals surface area contributed by atoms with Crippen molar-refractivity contribution in [1.29, 1.82) is 0 Å². The molecule has 0 radical (unpaired) electrons. The molecule has 0 aliphatic heterocycles. The van der Waals surface area contributed by atoms with Crippen LogP contribution in [0, 0.1) is 0 Å². The number of likely N-dealkylation sites (N-methyl/N-ethyl adjacent to an activating group) is 1. The molecule has 0 aliphatic rings. The Morgan fingerprint density at radius 1 is 1.53 bits per heavy atom. The van der Waals surface area contributed by atoms with Gasteiger partial charge in [-0.1, -0.05) is 40.9 Å². The molecule has 8 heteroatoms. The van der Waals surface area contributed by atoms with Crippen LogP contribution >= 0.6 is 46.1 Å². The molecule has 1 amide bonds. The van der Waals surface area contributed by atoms with Crippen LogP contribution in [0.4, 0.5) is 0 Å². The molecule has 108 valence electrons. The first-order valence-corrected chi connectivity index (χ1v) is 7.85. The molecule has 0 spiro atoms. The van der Waals surface area contributed by atoms with Gasteiger partial charge in [-0.3, -0.25) is 10.1 Å². The van der Waals surface area contributed by atoms with Crippen LogP contribution in [-0.2, 0) is 0 Å². The van der Waals surface area contributed by atoms with Gasteiger partial charge < -0.3 is 10.2 Å². The van der Waals surface area contributed by atoms with Crippen molar-refractivity contribution < 1.29 is 15.0 Å². The van der Waals surface area contributed by atoms with E-state index in [4.69, 9.17) is 34.8 Å². The number of carbonyl (C=O) groups is 1. The van der Waals surface area contributed by atoms with Crippen LogP contribution in [0.15, 0.2) is 17.5 Å². The predicted octanol–water partition coefficient (Wildman–Crippen LogP) is -0.118. The monoisotopic (exact) mass is 345 g/mol. The third-order valence-corrected chi connectivity index (χ3v) is 4.00. The molecule has 19 heavy (non-hydrogen) atoms. The summed E-state index contributed by atoms with van der Waals surface area (Å²) in [6.45, 7) is 1.66. The molecule has 0 saturated heterocycles. The number of carbonyl (C=O) groups excluding carboxylic acids is 1. The van der Waals surface area contributed by atoms with Crippen molar-refractivity contribution in [2.45, 2.75) is 9.96 Å². The minimum atomic E-state index is -1.55. The SMILES string of the molecule is C[NH+](C)CC[NH2+][C@@H](NC(=O)c1cccs1)C(Cl)(Cl)Cl. The quantitative estimate of drug-likeness (QED) is 0.488. The Balaban J connectivity index is 2.57. The van der Waals surface area contributed by atoms with Crippen LogP contribution in [0.3, 0.4) is 0 Å². The largest absolute Gasteiger partial charge is 0.335 e. The smallest absolute Gasteiger partial charge is 0.265 e. The molecular formula is C11H18Cl3N3OS+2. The van der Waals surface area contributed by atoms with Gasteiger partial charge in [-0.15, -0.1) is 11.3 Å². The number of hydrogen-bond donors (Lipinski definition) is 3. The van der Waals surface area contributed by atoms with Crippen LogP contribution in [0.5, 0.6) is 0 Å². The number of nitrogens with one attached hydrogen (secondary N) is 2. The van der Waals surface area contributed by atoms with Crippen LogP contribution in [0.25, 0.3) is 0 Å². The first kappa shape index (κ1) is 17.0. The van der Waals surface area contributed by atoms with E-state index in [9.17, 15) is 4.79 Å². The number of alkyl halides is 3. The maximum absolute atomic E-state index is 12.0. The molecule has 1 atom stereocenters. The summed E-state index contributed by atoms with van der Waals surface area (Å²) in [4.78, 5) is 13.9. The third kappa shape index (κ3) is 6.29. The minimum Gasteiger partial charge on any atom is -0.335 e. The number of amides is 1. The van der Waals surface area contributed by atoms with Gasteiger partial charge in [0, 0.05) is 0 Å². The van der Waals surface area contributed by atoms with E-state index in [2.05, 4.69) is 5.32 Å². The van der Waals surface area contributed by atoms with Crippen molar-refractivity contribution >= 4 is 52.0 Å². The summed E-state index contributed by atoms with van der Waals surface area (Å²) in [5, 5.41) is 6.41. The molecule has 0 bridgehead atoms. The number of thiophene rings is 1. The zero-order valence-electron chi connectivity index (χ0n) is 10.8. The van der Waals surface area contributed by atoms with Crippen molar-refractivity contribution in [2.24, 2.45) is 0 Å². The first-order chi connectivity index (χ1) is 8.80. The normalized spacial score (nSPS) is 13.6. The second-order valence-electron chi connectivity index (χ2n) is 4.45. The predicted molar refractivity (Wildman–Crippen MR) is 80.3 cm³/mol. The maximum atomic E-state index is 12.0. The highest BCUT2D eigenvalue weighted by atomic mass is 35.6. The van der Waals surface area contributed by atoms with Crippen molar-refractivity contribution in [1.82, 2.24) is 5.32 Å². The number of quaternary nitrogens is 2. The fraction of sp³-hybridized carbons (Fsp3) is 0.545. The van der Waals surface area contributed by atoms with E-state index in [1.54, 1.807) is 6.07 Å². The molecular weight excluding hydrogens is 329 g/mol. The zero-order valence-corrected chi connectivity index (χ0v) is 13.8. The lowest BCUT2D eigenvalue weighted by Crippen LogP contribution is -3.10. The van der Waals surface area contributed by atoms with E-state index >= 15 is 0 Å². The Bertz CT molecular complexity index is 392. The summed E-state index contributed by atoms with van der Waals surface area (Å²) in [7, 11) is 4.09. The fourth-order valence-corrected chi connectivity index (χ4v) is 2.49. The molecule has 1 aromatic rings. The number of hydrogen-bond acceptors (Lipinski definition) is 2. The minimum absolute atomic E-state index is 0.222. The summed E-state index contributed by atoms with van der Waals surface area (Å²) in [6.07, 6.45) is -0.605. The highest BCUT2D eigenvalue weighted by molar-refractivity contribution is 7.12. The molecule has 0 fully saturated rings. The Labute approximate surface area is 132 Å². The highest BCUT2D eigenvalue weighted by Gasteiger charge is 2.37. The number of rotatable bonds is 6. The second kappa shape index (κ2) is 7.67. The summed E-state index contributed by atoms with van der Waals surface area (Å²) >= 11 is 19.1. The summed E-state index contributed by atoms with van der Waals surface area (Å²) in [5.74, 6) is -0.222. The molecule has 0 unspecified atom stereocenters. The number of nitrogens with two attached hydrogens (primary N) is 1. The van der Waals surface area contributed by atoms with Crippen LogP contribution in [0.1, 0.15) is 9.67 Å². The van der Waals surface area contributed by atoms with Crippen molar-refractivity contribution in [3.8, 4) is 0 Å². The van der Waals surface area contributed by atoms with Crippen LogP contribution in [0.2, 0.25) is 0 Å². The van der Waals surface area contributed by atoms with Gasteiger partial charge in [0.25, 0.3) is 9.70 Å². The van der Waals surface area contributed by atoms with E-state index in [0.717, 1.165) is 13.1 Å². The Morgan fingerprint density at radius 2 is 2.21 bits per heavy atom. The van der Waals surface area contributed by atoms with E-state index in [1.807, 2.05) is 30.9 Å². The van der Waals surface area contributed by atoms with Gasteiger partial charge in [0.2, 0.25) is 6.17 Å². The van der Waals surface area contributed by atoms with Crippen molar-refractivity contribution in [2.75, 3.05) is 27.2 Å². The van der Waals surface area contributed by atoms with Crippen LogP contribution < -0.4 is 15.5 Å². The van der Waals surface area contributed by atoms with E-state index in [0.29, 0.717) is 4.88 Å².